The van der Waals surface area contributed by atoms with Crippen molar-refractivity contribution in [3.63, 3.8) is 0 Å². The molecule has 0 aliphatic carbocycles. The molecule has 1 fully saturated rings. The Morgan fingerprint density at radius 2 is 2.19 bits per heavy atom. The van der Waals surface area contributed by atoms with Gasteiger partial charge in [-0.25, -0.2) is 13.2 Å². The first kappa shape index (κ1) is 15.7. The van der Waals surface area contributed by atoms with E-state index in [0.717, 1.165) is 29.3 Å². The lowest BCUT2D eigenvalue weighted by atomic mass is 10.2. The van der Waals surface area contributed by atoms with E-state index in [1.54, 1.807) is 0 Å². The molecule has 2 rings (SSSR count). The third-order valence-corrected chi connectivity index (χ3v) is 5.21. The molecule has 21 heavy (non-hydrogen) atoms. The number of rotatable bonds is 5. The first-order chi connectivity index (χ1) is 9.82. The molecule has 1 atom stereocenters. The average molecular weight is 315 g/mol. The topological polar surface area (TPSA) is 104 Å². The molecule has 1 unspecified atom stereocenters. The Balaban J connectivity index is 2.26. The normalized spacial score (nSPS) is 19.0. The first-order valence-electron chi connectivity index (χ1n) is 6.46. The minimum absolute atomic E-state index is 0.138. The summed E-state index contributed by atoms with van der Waals surface area (Å²) in [6.07, 6.45) is 1.57. The number of nitrogens with zero attached hydrogens (tertiary/aromatic N) is 1. The Hall–Kier alpha value is -1.64. The number of aromatic carboxylic acids is 1. The molecule has 116 valence electrons. The quantitative estimate of drug-likeness (QED) is 0.836. The molecule has 0 radical (unpaired) electrons. The highest BCUT2D eigenvalue weighted by Crippen LogP contribution is 2.24. The Morgan fingerprint density at radius 3 is 2.76 bits per heavy atom. The first-order valence-corrected chi connectivity index (χ1v) is 7.90. The standard InChI is InChI=1S/C13H17NO6S/c1-14(8-9-3-2-6-20-9)21(18,19)10-4-5-12(15)11(7-10)13(16)17/h4-5,7,9,15H,2-3,6,8H2,1H3,(H,16,17). The highest BCUT2D eigenvalue weighted by molar-refractivity contribution is 7.89. The molecule has 1 aromatic rings. The van der Waals surface area contributed by atoms with Crippen molar-refractivity contribution in [3.8, 4) is 5.75 Å². The SMILES string of the molecule is CN(CC1CCCO1)S(=O)(=O)c1ccc(O)c(C(=O)O)c1. The molecule has 0 saturated carbocycles. The minimum Gasteiger partial charge on any atom is -0.507 e. The van der Waals surface area contributed by atoms with Gasteiger partial charge in [-0.2, -0.15) is 4.31 Å². The van der Waals surface area contributed by atoms with Crippen LogP contribution in [0.1, 0.15) is 23.2 Å². The van der Waals surface area contributed by atoms with Crippen molar-refractivity contribution in [3.05, 3.63) is 23.8 Å². The fourth-order valence-corrected chi connectivity index (χ4v) is 3.43. The molecular weight excluding hydrogens is 298 g/mol. The molecule has 0 spiro atoms. The summed E-state index contributed by atoms with van der Waals surface area (Å²) in [6.45, 7) is 0.840. The van der Waals surface area contributed by atoms with Crippen LogP contribution in [0.5, 0.6) is 5.75 Å². The summed E-state index contributed by atoms with van der Waals surface area (Å²) in [5.74, 6) is -1.85. The number of carbonyl (C=O) groups is 1. The van der Waals surface area contributed by atoms with E-state index in [4.69, 9.17) is 9.84 Å². The number of carboxylic acids is 1. The Bertz CT molecular complexity index is 636. The zero-order valence-electron chi connectivity index (χ0n) is 11.5. The molecule has 0 amide bonds. The van der Waals surface area contributed by atoms with E-state index in [2.05, 4.69) is 0 Å². The Kier molecular flexibility index (Phi) is 4.50. The van der Waals surface area contributed by atoms with Crippen molar-refractivity contribution in [1.29, 1.82) is 0 Å². The second-order valence-corrected chi connectivity index (χ2v) is 6.95. The molecule has 8 heteroatoms. The molecule has 0 bridgehead atoms. The number of ether oxygens (including phenoxy) is 1. The maximum absolute atomic E-state index is 12.4. The molecule has 2 N–H and O–H groups in total. The molecule has 1 aliphatic heterocycles. The van der Waals surface area contributed by atoms with Crippen LogP contribution < -0.4 is 0 Å². The van der Waals surface area contributed by atoms with E-state index in [1.165, 1.54) is 13.1 Å². The van der Waals surface area contributed by atoms with E-state index in [-0.39, 0.29) is 17.5 Å². The van der Waals surface area contributed by atoms with Gasteiger partial charge < -0.3 is 14.9 Å². The molecule has 7 nitrogen and oxygen atoms in total. The van der Waals surface area contributed by atoms with E-state index < -0.39 is 27.3 Å². The molecular formula is C13H17NO6S. The number of benzene rings is 1. The third-order valence-electron chi connectivity index (χ3n) is 3.39. The second kappa shape index (κ2) is 6.00. The van der Waals surface area contributed by atoms with E-state index in [9.17, 15) is 18.3 Å². The number of phenols is 1. The average Bonchev–Trinajstić information content (AvgIpc) is 2.91. The van der Waals surface area contributed by atoms with Gasteiger partial charge in [-0.3, -0.25) is 0 Å². The lowest BCUT2D eigenvalue weighted by Gasteiger charge is -2.20. The zero-order chi connectivity index (χ0) is 15.6. The van der Waals surface area contributed by atoms with Gasteiger partial charge in [0, 0.05) is 20.2 Å². The van der Waals surface area contributed by atoms with Crippen molar-refractivity contribution in [1.82, 2.24) is 4.31 Å². The smallest absolute Gasteiger partial charge is 0.339 e. The number of likely N-dealkylation sites (N-methyl/N-ethyl adjacent to an activating group) is 1. The van der Waals surface area contributed by atoms with Crippen LogP contribution in [-0.4, -0.2) is 55.2 Å². The highest BCUT2D eigenvalue weighted by Gasteiger charge is 2.27. The van der Waals surface area contributed by atoms with Crippen LogP contribution in [0.15, 0.2) is 23.1 Å². The van der Waals surface area contributed by atoms with E-state index >= 15 is 0 Å². The molecule has 1 saturated heterocycles. The van der Waals surface area contributed by atoms with E-state index in [0.29, 0.717) is 6.61 Å². The number of hydrogen-bond donors (Lipinski definition) is 2. The Labute approximate surface area is 122 Å². The van der Waals surface area contributed by atoms with Crippen molar-refractivity contribution >= 4 is 16.0 Å². The predicted octanol–water partition coefficient (Wildman–Crippen LogP) is 0.890. The van der Waals surface area contributed by atoms with Crippen LogP contribution in [0.25, 0.3) is 0 Å². The summed E-state index contributed by atoms with van der Waals surface area (Å²) >= 11 is 0. The second-order valence-electron chi connectivity index (χ2n) is 4.90. The summed E-state index contributed by atoms with van der Waals surface area (Å²) in [5, 5.41) is 18.4. The van der Waals surface area contributed by atoms with Crippen molar-refractivity contribution in [2.24, 2.45) is 0 Å². The van der Waals surface area contributed by atoms with Crippen molar-refractivity contribution in [2.45, 2.75) is 23.8 Å². The summed E-state index contributed by atoms with van der Waals surface area (Å²) in [5.41, 5.74) is -0.443. The number of hydrogen-bond acceptors (Lipinski definition) is 5. The fraction of sp³-hybridized carbons (Fsp3) is 0.462. The monoisotopic (exact) mass is 315 g/mol. The summed E-state index contributed by atoms with van der Waals surface area (Å²) < 4.78 is 31.3. The summed E-state index contributed by atoms with van der Waals surface area (Å²) in [4.78, 5) is 10.8. The molecule has 1 aromatic carbocycles. The van der Waals surface area contributed by atoms with Crippen molar-refractivity contribution in [2.75, 3.05) is 20.2 Å². The van der Waals surface area contributed by atoms with Gasteiger partial charge in [0.25, 0.3) is 0 Å². The molecule has 1 heterocycles. The summed E-state index contributed by atoms with van der Waals surface area (Å²) in [7, 11) is -2.40. The van der Waals surface area contributed by atoms with Crippen molar-refractivity contribution < 1.29 is 28.2 Å². The van der Waals surface area contributed by atoms with Crippen LogP contribution in [0.3, 0.4) is 0 Å². The van der Waals surface area contributed by atoms with Gasteiger partial charge in [-0.15, -0.1) is 0 Å². The fourth-order valence-electron chi connectivity index (χ4n) is 2.20. The molecule has 0 aromatic heterocycles. The summed E-state index contributed by atoms with van der Waals surface area (Å²) in [6, 6.07) is 3.21. The number of aromatic hydroxyl groups is 1. The van der Waals surface area contributed by atoms with Crippen LogP contribution in [0.2, 0.25) is 0 Å². The van der Waals surface area contributed by atoms with Crippen LogP contribution in [-0.2, 0) is 14.8 Å². The lowest BCUT2D eigenvalue weighted by Crippen LogP contribution is -2.34. The maximum atomic E-state index is 12.4. The third kappa shape index (κ3) is 3.34. The largest absolute Gasteiger partial charge is 0.507 e. The van der Waals surface area contributed by atoms with Crippen LogP contribution >= 0.6 is 0 Å². The van der Waals surface area contributed by atoms with Gasteiger partial charge in [0.1, 0.15) is 11.3 Å². The Morgan fingerprint density at radius 1 is 1.48 bits per heavy atom. The van der Waals surface area contributed by atoms with Crippen LogP contribution in [0, 0.1) is 0 Å². The zero-order valence-corrected chi connectivity index (χ0v) is 12.3. The number of sulfonamides is 1. The van der Waals surface area contributed by atoms with Gasteiger partial charge in [0.2, 0.25) is 10.0 Å². The van der Waals surface area contributed by atoms with Crippen LogP contribution in [0.4, 0.5) is 0 Å². The van der Waals surface area contributed by atoms with Gasteiger partial charge in [-0.05, 0) is 31.0 Å². The van der Waals surface area contributed by atoms with E-state index in [1.807, 2.05) is 0 Å². The minimum atomic E-state index is -3.82. The predicted molar refractivity (Wildman–Crippen MR) is 73.9 cm³/mol. The number of carboxylic acid groups (broad SMARTS) is 1. The van der Waals surface area contributed by atoms with Gasteiger partial charge in [0.05, 0.1) is 11.0 Å². The highest BCUT2D eigenvalue weighted by atomic mass is 32.2. The lowest BCUT2D eigenvalue weighted by molar-refractivity contribution is 0.0693. The maximum Gasteiger partial charge on any atom is 0.339 e. The molecule has 1 aliphatic rings. The van der Waals surface area contributed by atoms with Gasteiger partial charge in [0.15, 0.2) is 0 Å². The van der Waals surface area contributed by atoms with Gasteiger partial charge >= 0.3 is 5.97 Å². The van der Waals surface area contributed by atoms with Gasteiger partial charge in [-0.1, -0.05) is 0 Å².